The highest BCUT2D eigenvalue weighted by Gasteiger charge is 2.29. The molecule has 2 N–H and O–H groups in total. The maximum absolute atomic E-state index is 13.4. The van der Waals surface area contributed by atoms with Crippen LogP contribution in [0.4, 0.5) is 4.39 Å². The van der Waals surface area contributed by atoms with Crippen LogP contribution in [0.3, 0.4) is 0 Å². The van der Waals surface area contributed by atoms with Gasteiger partial charge < -0.3 is 19.6 Å². The summed E-state index contributed by atoms with van der Waals surface area (Å²) >= 11 is 0. The van der Waals surface area contributed by atoms with Gasteiger partial charge in [-0.25, -0.2) is 9.37 Å². The summed E-state index contributed by atoms with van der Waals surface area (Å²) in [5.74, 6) is 0.280. The Morgan fingerprint density at radius 1 is 1.25 bits per heavy atom. The first-order chi connectivity index (χ1) is 15.4. The fourth-order valence-corrected chi connectivity index (χ4v) is 5.01. The number of halogens is 1. The molecule has 0 amide bonds. The zero-order valence-corrected chi connectivity index (χ0v) is 18.0. The molecule has 170 valence electrons. The molecule has 2 aliphatic rings. The number of hydrogen-bond donors (Lipinski definition) is 2. The number of hydrogen-bond acceptors (Lipinski definition) is 7. The number of nitrogens with zero attached hydrogens (tertiary/aromatic N) is 4. The lowest BCUT2D eigenvalue weighted by Gasteiger charge is -2.31. The van der Waals surface area contributed by atoms with Crippen LogP contribution in [0.15, 0.2) is 27.5 Å². The number of aryl methyl sites for hydroxylation is 1. The Balaban J connectivity index is 1.25. The first-order valence-electron chi connectivity index (χ1n) is 11.1. The predicted molar refractivity (Wildman–Crippen MR) is 115 cm³/mol. The number of piperidine rings is 1. The van der Waals surface area contributed by atoms with Crippen LogP contribution in [0.25, 0.3) is 11.0 Å². The molecule has 9 heteroatoms. The second-order valence-corrected chi connectivity index (χ2v) is 8.93. The molecule has 0 spiro atoms. The Labute approximate surface area is 184 Å². The fraction of sp³-hybridized carbons (Fsp3) is 0.522. The summed E-state index contributed by atoms with van der Waals surface area (Å²) < 4.78 is 20.1. The van der Waals surface area contributed by atoms with Crippen molar-refractivity contribution >= 4 is 11.0 Å². The smallest absolute Gasteiger partial charge is 0.257 e. The first kappa shape index (κ1) is 21.2. The lowest BCUT2D eigenvalue weighted by molar-refractivity contribution is 0.0379. The van der Waals surface area contributed by atoms with Gasteiger partial charge in [-0.15, -0.1) is 0 Å². The lowest BCUT2D eigenvalue weighted by Crippen LogP contribution is -2.40. The van der Waals surface area contributed by atoms with Crippen molar-refractivity contribution in [3.8, 4) is 0 Å². The van der Waals surface area contributed by atoms with Gasteiger partial charge in [0.15, 0.2) is 5.58 Å². The third-order valence-corrected chi connectivity index (χ3v) is 6.80. The molecule has 1 aromatic carbocycles. The number of rotatable bonds is 4. The summed E-state index contributed by atoms with van der Waals surface area (Å²) in [5, 5.41) is 25.2. The highest BCUT2D eigenvalue weighted by atomic mass is 19.1. The van der Waals surface area contributed by atoms with Gasteiger partial charge in [-0.3, -0.25) is 9.36 Å². The number of aliphatic hydroxyl groups is 2. The average Bonchev–Trinajstić information content (AvgIpc) is 3.18. The predicted octanol–water partition coefficient (Wildman–Crippen LogP) is 2.05. The van der Waals surface area contributed by atoms with Crippen LogP contribution in [0.2, 0.25) is 0 Å². The van der Waals surface area contributed by atoms with Crippen molar-refractivity contribution in [2.24, 2.45) is 0 Å². The molecule has 0 bridgehead atoms. The highest BCUT2D eigenvalue weighted by Crippen LogP contribution is 2.33. The molecule has 1 saturated heterocycles. The van der Waals surface area contributed by atoms with Crippen molar-refractivity contribution in [1.29, 1.82) is 0 Å². The summed E-state index contributed by atoms with van der Waals surface area (Å²) in [7, 11) is 0. The molecule has 2 unspecified atom stereocenters. The van der Waals surface area contributed by atoms with Crippen molar-refractivity contribution < 1.29 is 19.1 Å². The van der Waals surface area contributed by atoms with Crippen LogP contribution in [-0.4, -0.2) is 55.6 Å². The summed E-state index contributed by atoms with van der Waals surface area (Å²) in [5.41, 5.74) is 2.49. The van der Waals surface area contributed by atoms with E-state index in [1.807, 2.05) is 0 Å². The van der Waals surface area contributed by atoms with E-state index in [9.17, 15) is 19.4 Å². The minimum atomic E-state index is -0.915. The zero-order chi connectivity index (χ0) is 22.4. The Hall–Kier alpha value is -2.62. The van der Waals surface area contributed by atoms with Crippen LogP contribution in [0.5, 0.6) is 0 Å². The van der Waals surface area contributed by atoms with Crippen LogP contribution in [0, 0.1) is 12.7 Å². The molecule has 8 nitrogen and oxygen atoms in total. The van der Waals surface area contributed by atoms with Gasteiger partial charge in [0.25, 0.3) is 5.56 Å². The fourth-order valence-electron chi connectivity index (χ4n) is 5.01. The van der Waals surface area contributed by atoms with Crippen molar-refractivity contribution in [3.05, 3.63) is 57.1 Å². The molecule has 5 rings (SSSR count). The molecule has 2 aromatic heterocycles. The minimum Gasteiger partial charge on any atom is -0.391 e. The molecular formula is C23H27FN4O4. The van der Waals surface area contributed by atoms with E-state index < -0.39 is 12.2 Å². The van der Waals surface area contributed by atoms with Gasteiger partial charge >= 0.3 is 0 Å². The van der Waals surface area contributed by atoms with E-state index >= 15 is 0 Å². The van der Waals surface area contributed by atoms with Crippen molar-refractivity contribution in [1.82, 2.24) is 19.6 Å². The second kappa shape index (κ2) is 8.38. The van der Waals surface area contributed by atoms with E-state index in [1.165, 1.54) is 16.7 Å². The largest absolute Gasteiger partial charge is 0.391 e. The van der Waals surface area contributed by atoms with E-state index in [0.717, 1.165) is 43.6 Å². The number of aliphatic hydroxyl groups excluding tert-OH is 2. The molecule has 0 saturated carbocycles. The summed E-state index contributed by atoms with van der Waals surface area (Å²) in [6.45, 7) is 4.46. The lowest BCUT2D eigenvalue weighted by atomic mass is 9.91. The third-order valence-electron chi connectivity index (χ3n) is 6.80. The Kier molecular flexibility index (Phi) is 5.56. The van der Waals surface area contributed by atoms with Crippen molar-refractivity contribution in [2.75, 3.05) is 19.6 Å². The Morgan fingerprint density at radius 3 is 2.81 bits per heavy atom. The minimum absolute atomic E-state index is 0.165. The molecule has 1 fully saturated rings. The number of benzene rings is 1. The van der Waals surface area contributed by atoms with Crippen LogP contribution < -0.4 is 5.56 Å². The standard InChI is InChI=1S/C23H27FN4O4/c1-13-17(23(31)28-12-16(29)11-19(30)22(28)25-13)6-9-27-7-4-14(5-8-27)21-18-3-2-15(24)10-20(18)32-26-21/h2-3,10,14,16,19,29-30H,4-9,11-12H2,1H3. The van der Waals surface area contributed by atoms with Gasteiger partial charge in [-0.2, -0.15) is 0 Å². The quantitative estimate of drug-likeness (QED) is 0.637. The van der Waals surface area contributed by atoms with Crippen LogP contribution in [-0.2, 0) is 13.0 Å². The molecule has 0 aliphatic carbocycles. The number of aromatic nitrogens is 3. The van der Waals surface area contributed by atoms with E-state index in [-0.39, 0.29) is 30.3 Å². The Morgan fingerprint density at radius 2 is 2.03 bits per heavy atom. The van der Waals surface area contributed by atoms with Gasteiger partial charge in [0.2, 0.25) is 0 Å². The SMILES string of the molecule is Cc1nc2n(c(=O)c1CCN1CCC(c3noc4cc(F)ccc34)CC1)CC(O)CC2O. The van der Waals surface area contributed by atoms with Crippen LogP contribution >= 0.6 is 0 Å². The molecule has 32 heavy (non-hydrogen) atoms. The molecule has 2 aliphatic heterocycles. The van der Waals surface area contributed by atoms with Gasteiger partial charge in [-0.05, 0) is 51.4 Å². The van der Waals surface area contributed by atoms with Crippen molar-refractivity contribution in [3.63, 3.8) is 0 Å². The second-order valence-electron chi connectivity index (χ2n) is 8.93. The van der Waals surface area contributed by atoms with E-state index in [1.54, 1.807) is 13.0 Å². The average molecular weight is 442 g/mol. The van der Waals surface area contributed by atoms with Gasteiger partial charge in [0.05, 0.1) is 18.3 Å². The topological polar surface area (TPSA) is 105 Å². The van der Waals surface area contributed by atoms with Crippen molar-refractivity contribution in [2.45, 2.75) is 57.3 Å². The summed E-state index contributed by atoms with van der Waals surface area (Å²) in [4.78, 5) is 19.8. The highest BCUT2D eigenvalue weighted by molar-refractivity contribution is 5.79. The Bertz CT molecular complexity index is 1200. The summed E-state index contributed by atoms with van der Waals surface area (Å²) in [6.07, 6.45) is 0.949. The monoisotopic (exact) mass is 442 g/mol. The molecule has 0 radical (unpaired) electrons. The van der Waals surface area contributed by atoms with Gasteiger partial charge in [-0.1, -0.05) is 5.16 Å². The van der Waals surface area contributed by atoms with Gasteiger partial charge in [0.1, 0.15) is 17.7 Å². The zero-order valence-electron chi connectivity index (χ0n) is 18.0. The molecular weight excluding hydrogens is 415 g/mol. The van der Waals surface area contributed by atoms with E-state index in [2.05, 4.69) is 15.0 Å². The number of fused-ring (bicyclic) bond motifs is 2. The summed E-state index contributed by atoms with van der Waals surface area (Å²) in [6, 6.07) is 4.53. The molecule has 4 heterocycles. The molecule has 3 aromatic rings. The maximum Gasteiger partial charge on any atom is 0.257 e. The van der Waals surface area contributed by atoms with E-state index in [4.69, 9.17) is 4.52 Å². The third kappa shape index (κ3) is 3.85. The van der Waals surface area contributed by atoms with Gasteiger partial charge in [0, 0.05) is 41.6 Å². The van der Waals surface area contributed by atoms with Crippen LogP contribution in [0.1, 0.15) is 54.1 Å². The molecule has 2 atom stereocenters. The number of likely N-dealkylation sites (tertiary alicyclic amines) is 1. The first-order valence-corrected chi connectivity index (χ1v) is 11.1. The normalized spacial score (nSPS) is 22.4. The van der Waals surface area contributed by atoms with E-state index in [0.29, 0.717) is 29.1 Å². The maximum atomic E-state index is 13.4.